The Bertz CT molecular complexity index is 1380. The minimum absolute atomic E-state index is 0.0372. The van der Waals surface area contributed by atoms with Gasteiger partial charge in [-0.3, -0.25) is 13.9 Å². The Kier molecular flexibility index (Phi) is 7.98. The number of anilines is 2. The lowest BCUT2D eigenvalue weighted by Crippen LogP contribution is -2.40. The van der Waals surface area contributed by atoms with Crippen LogP contribution in [0.5, 0.6) is 11.5 Å². The number of hydrogen-bond acceptors (Lipinski definition) is 6. The highest BCUT2D eigenvalue weighted by Crippen LogP contribution is 2.32. The van der Waals surface area contributed by atoms with Gasteiger partial charge in [-0.25, -0.2) is 8.42 Å². The molecule has 1 aliphatic heterocycles. The van der Waals surface area contributed by atoms with E-state index in [0.29, 0.717) is 24.4 Å². The lowest BCUT2D eigenvalue weighted by Gasteiger charge is -2.24. The molecule has 9 nitrogen and oxygen atoms in total. The number of amides is 2. The molecule has 1 aliphatic rings. The molecular formula is C27H29N3O6S. The highest BCUT2D eigenvalue weighted by atomic mass is 32.2. The molecule has 0 aromatic heterocycles. The quantitative estimate of drug-likeness (QED) is 0.437. The predicted octanol–water partition coefficient (Wildman–Crippen LogP) is 3.34. The number of carbonyl (C=O) groups is 2. The van der Waals surface area contributed by atoms with Gasteiger partial charge in [0.25, 0.3) is 10.0 Å². The molecule has 37 heavy (non-hydrogen) atoms. The fourth-order valence-corrected chi connectivity index (χ4v) is 5.59. The summed E-state index contributed by atoms with van der Waals surface area (Å²) >= 11 is 0. The Morgan fingerprint density at radius 1 is 0.973 bits per heavy atom. The maximum Gasteiger partial charge on any atom is 0.264 e. The first-order valence-electron chi connectivity index (χ1n) is 11.8. The molecule has 0 spiro atoms. The van der Waals surface area contributed by atoms with Crippen molar-refractivity contribution in [3.8, 4) is 11.5 Å². The van der Waals surface area contributed by atoms with Crippen molar-refractivity contribution in [3.05, 3.63) is 78.4 Å². The summed E-state index contributed by atoms with van der Waals surface area (Å²) in [7, 11) is -1.24. The lowest BCUT2D eigenvalue weighted by molar-refractivity contribution is -0.120. The number of rotatable bonds is 10. The van der Waals surface area contributed by atoms with E-state index in [1.165, 1.54) is 32.4 Å². The standard InChI is InChI=1S/C27H29N3O6S/c1-35-24-14-13-23(17-25(24)36-2)37(33,34)30(21-9-4-3-5-10-21)19-26(31)28-18-20-8-6-11-22(16-20)29-15-7-12-27(29)32/h3-6,8-11,13-14,16-17H,7,12,15,18-19H2,1-2H3,(H,28,31). The van der Waals surface area contributed by atoms with Gasteiger partial charge in [-0.1, -0.05) is 30.3 Å². The van der Waals surface area contributed by atoms with Crippen LogP contribution in [-0.4, -0.2) is 47.5 Å². The van der Waals surface area contributed by atoms with Crippen molar-refractivity contribution >= 4 is 33.2 Å². The van der Waals surface area contributed by atoms with Gasteiger partial charge in [0.2, 0.25) is 11.8 Å². The van der Waals surface area contributed by atoms with Gasteiger partial charge in [-0.15, -0.1) is 0 Å². The lowest BCUT2D eigenvalue weighted by atomic mass is 10.2. The predicted molar refractivity (Wildman–Crippen MR) is 140 cm³/mol. The summed E-state index contributed by atoms with van der Waals surface area (Å²) in [4.78, 5) is 26.7. The van der Waals surface area contributed by atoms with Gasteiger partial charge in [-0.2, -0.15) is 0 Å². The van der Waals surface area contributed by atoms with Gasteiger partial charge in [0.05, 0.1) is 24.8 Å². The Labute approximate surface area is 216 Å². The van der Waals surface area contributed by atoms with Crippen molar-refractivity contribution in [2.75, 3.05) is 36.5 Å². The van der Waals surface area contributed by atoms with Crippen LogP contribution in [0.4, 0.5) is 11.4 Å². The Balaban J connectivity index is 1.53. The summed E-state index contributed by atoms with van der Waals surface area (Å²) in [6.45, 7) is 0.438. The van der Waals surface area contributed by atoms with E-state index in [1.807, 2.05) is 24.3 Å². The Hall–Kier alpha value is -4.05. The third kappa shape index (κ3) is 5.86. The van der Waals surface area contributed by atoms with Gasteiger partial charge < -0.3 is 19.7 Å². The van der Waals surface area contributed by atoms with E-state index in [4.69, 9.17) is 9.47 Å². The van der Waals surface area contributed by atoms with Crippen LogP contribution >= 0.6 is 0 Å². The normalized spacial score (nSPS) is 13.4. The number of sulfonamides is 1. The molecule has 0 bridgehead atoms. The molecule has 3 aromatic rings. The summed E-state index contributed by atoms with van der Waals surface area (Å²) in [6.07, 6.45) is 1.36. The second kappa shape index (κ2) is 11.3. The van der Waals surface area contributed by atoms with E-state index in [1.54, 1.807) is 35.2 Å². The topological polar surface area (TPSA) is 105 Å². The molecule has 1 fully saturated rings. The molecule has 2 amide bonds. The fourth-order valence-electron chi connectivity index (χ4n) is 4.16. The first-order chi connectivity index (χ1) is 17.8. The van der Waals surface area contributed by atoms with Gasteiger partial charge in [0.1, 0.15) is 6.54 Å². The van der Waals surface area contributed by atoms with E-state index in [2.05, 4.69) is 5.32 Å². The van der Waals surface area contributed by atoms with Crippen molar-refractivity contribution in [2.24, 2.45) is 0 Å². The van der Waals surface area contributed by atoms with Crippen LogP contribution in [0.25, 0.3) is 0 Å². The fraction of sp³-hybridized carbons (Fsp3) is 0.259. The molecule has 1 heterocycles. The van der Waals surface area contributed by atoms with Crippen LogP contribution in [-0.2, 0) is 26.2 Å². The van der Waals surface area contributed by atoms with Gasteiger partial charge in [0, 0.05) is 31.3 Å². The average molecular weight is 524 g/mol. The first kappa shape index (κ1) is 26.0. The zero-order valence-corrected chi connectivity index (χ0v) is 21.5. The molecule has 194 valence electrons. The van der Waals surface area contributed by atoms with Crippen LogP contribution in [0, 0.1) is 0 Å². The van der Waals surface area contributed by atoms with E-state index >= 15 is 0 Å². The summed E-state index contributed by atoms with van der Waals surface area (Å²) in [5, 5.41) is 2.80. The summed E-state index contributed by atoms with van der Waals surface area (Å²) in [6, 6.07) is 20.1. The number of methoxy groups -OCH3 is 2. The van der Waals surface area contributed by atoms with Crippen LogP contribution in [0.2, 0.25) is 0 Å². The van der Waals surface area contributed by atoms with E-state index in [-0.39, 0.29) is 23.1 Å². The molecule has 10 heteroatoms. The molecule has 0 unspecified atom stereocenters. The minimum Gasteiger partial charge on any atom is -0.493 e. The SMILES string of the molecule is COc1ccc(S(=O)(=O)N(CC(=O)NCc2cccc(N3CCCC3=O)c2)c2ccccc2)cc1OC. The highest BCUT2D eigenvalue weighted by Gasteiger charge is 2.28. The minimum atomic E-state index is -4.12. The smallest absolute Gasteiger partial charge is 0.264 e. The largest absolute Gasteiger partial charge is 0.493 e. The molecule has 1 saturated heterocycles. The van der Waals surface area contributed by atoms with Crippen molar-refractivity contribution in [2.45, 2.75) is 24.3 Å². The zero-order chi connectivity index (χ0) is 26.4. The molecule has 4 rings (SSSR count). The number of nitrogens with zero attached hydrogens (tertiary/aromatic N) is 2. The number of benzene rings is 3. The van der Waals surface area contributed by atoms with Crippen LogP contribution in [0.1, 0.15) is 18.4 Å². The third-order valence-electron chi connectivity index (χ3n) is 6.06. The number of ether oxygens (including phenoxy) is 2. The number of nitrogens with one attached hydrogen (secondary N) is 1. The monoisotopic (exact) mass is 523 g/mol. The van der Waals surface area contributed by atoms with Crippen molar-refractivity contribution in [3.63, 3.8) is 0 Å². The molecule has 0 atom stereocenters. The van der Waals surface area contributed by atoms with Gasteiger partial charge in [0.15, 0.2) is 11.5 Å². The molecule has 0 aliphatic carbocycles. The van der Waals surface area contributed by atoms with E-state index in [0.717, 1.165) is 22.0 Å². The van der Waals surface area contributed by atoms with Crippen molar-refractivity contribution in [1.29, 1.82) is 0 Å². The number of carbonyl (C=O) groups excluding carboxylic acids is 2. The van der Waals surface area contributed by atoms with E-state index in [9.17, 15) is 18.0 Å². The maximum absolute atomic E-state index is 13.6. The van der Waals surface area contributed by atoms with E-state index < -0.39 is 22.5 Å². The van der Waals surface area contributed by atoms with Gasteiger partial charge in [-0.05, 0) is 48.4 Å². The number of hydrogen-bond donors (Lipinski definition) is 1. The average Bonchev–Trinajstić information content (AvgIpc) is 3.36. The summed E-state index contributed by atoms with van der Waals surface area (Å²) in [5.41, 5.74) is 1.94. The summed E-state index contributed by atoms with van der Waals surface area (Å²) in [5.74, 6) is 0.260. The molecular weight excluding hydrogens is 494 g/mol. The third-order valence-corrected chi connectivity index (χ3v) is 7.83. The zero-order valence-electron chi connectivity index (χ0n) is 20.7. The van der Waals surface area contributed by atoms with Crippen LogP contribution in [0.15, 0.2) is 77.7 Å². The summed E-state index contributed by atoms with van der Waals surface area (Å²) < 4.78 is 38.8. The van der Waals surface area contributed by atoms with Crippen molar-refractivity contribution < 1.29 is 27.5 Å². The molecule has 0 radical (unpaired) electrons. The molecule has 0 saturated carbocycles. The van der Waals surface area contributed by atoms with Gasteiger partial charge >= 0.3 is 0 Å². The maximum atomic E-state index is 13.6. The first-order valence-corrected chi connectivity index (χ1v) is 13.2. The van der Waals surface area contributed by atoms with Crippen LogP contribution in [0.3, 0.4) is 0 Å². The second-order valence-corrected chi connectivity index (χ2v) is 10.3. The highest BCUT2D eigenvalue weighted by molar-refractivity contribution is 7.92. The molecule has 1 N–H and O–H groups in total. The van der Waals surface area contributed by atoms with Crippen LogP contribution < -0.4 is 24.0 Å². The second-order valence-electron chi connectivity index (χ2n) is 8.46. The number of para-hydroxylation sites is 1. The van der Waals surface area contributed by atoms with Crippen molar-refractivity contribution in [1.82, 2.24) is 5.32 Å². The molecule has 3 aromatic carbocycles. The Morgan fingerprint density at radius 2 is 1.73 bits per heavy atom. The Morgan fingerprint density at radius 3 is 2.41 bits per heavy atom.